The van der Waals surface area contributed by atoms with Crippen LogP contribution in [0.1, 0.15) is 5.56 Å². The van der Waals surface area contributed by atoms with Gasteiger partial charge in [-0.05, 0) is 27.6 Å². The van der Waals surface area contributed by atoms with Gasteiger partial charge in [-0.3, -0.25) is 9.74 Å². The minimum atomic E-state index is -0.366. The van der Waals surface area contributed by atoms with E-state index in [1.165, 1.54) is 10.4 Å². The summed E-state index contributed by atoms with van der Waals surface area (Å²) in [4.78, 5) is 22.4. The van der Waals surface area contributed by atoms with Gasteiger partial charge in [-0.1, -0.05) is 35.2 Å². The Morgan fingerprint density at radius 3 is 2.50 bits per heavy atom. The number of aromatic nitrogens is 2. The van der Waals surface area contributed by atoms with Gasteiger partial charge in [0.15, 0.2) is 0 Å². The summed E-state index contributed by atoms with van der Waals surface area (Å²) in [6, 6.07) is 12.1. The van der Waals surface area contributed by atoms with Crippen LogP contribution in [0.15, 0.2) is 47.2 Å². The van der Waals surface area contributed by atoms with Gasteiger partial charge in [0.1, 0.15) is 4.60 Å². The molecule has 6 nitrogen and oxygen atoms in total. The SMILES string of the molecule is O=C(On1ccc(Br)n1)N1CCN(Cc2ccccc2)CC1. The van der Waals surface area contributed by atoms with Crippen molar-refractivity contribution in [2.75, 3.05) is 26.2 Å². The van der Waals surface area contributed by atoms with E-state index in [-0.39, 0.29) is 6.09 Å². The van der Waals surface area contributed by atoms with Gasteiger partial charge in [-0.2, -0.15) is 0 Å². The summed E-state index contributed by atoms with van der Waals surface area (Å²) in [6.07, 6.45) is 1.23. The van der Waals surface area contributed by atoms with E-state index in [0.717, 1.165) is 19.6 Å². The normalized spacial score (nSPS) is 15.8. The highest BCUT2D eigenvalue weighted by atomic mass is 79.9. The maximum absolute atomic E-state index is 12.1. The van der Waals surface area contributed by atoms with Crippen LogP contribution >= 0.6 is 15.9 Å². The number of benzene rings is 1. The maximum atomic E-state index is 12.1. The van der Waals surface area contributed by atoms with Crippen molar-refractivity contribution in [1.29, 1.82) is 0 Å². The third kappa shape index (κ3) is 3.86. The van der Waals surface area contributed by atoms with Crippen LogP contribution in [0.25, 0.3) is 0 Å². The van der Waals surface area contributed by atoms with Crippen LogP contribution in [0.4, 0.5) is 4.79 Å². The van der Waals surface area contributed by atoms with Gasteiger partial charge in [-0.15, -0.1) is 5.10 Å². The van der Waals surface area contributed by atoms with Crippen molar-refractivity contribution >= 4 is 22.0 Å². The van der Waals surface area contributed by atoms with Crippen LogP contribution in [0.2, 0.25) is 0 Å². The summed E-state index contributed by atoms with van der Waals surface area (Å²) in [5.41, 5.74) is 1.29. The van der Waals surface area contributed by atoms with Crippen molar-refractivity contribution in [2.24, 2.45) is 0 Å². The lowest BCUT2D eigenvalue weighted by molar-refractivity contribution is 0.0576. The van der Waals surface area contributed by atoms with Crippen LogP contribution in [0.3, 0.4) is 0 Å². The van der Waals surface area contributed by atoms with E-state index in [1.54, 1.807) is 17.2 Å². The van der Waals surface area contributed by atoms with E-state index < -0.39 is 0 Å². The minimum Gasteiger partial charge on any atom is -0.304 e. The third-order valence-corrected chi connectivity index (χ3v) is 4.01. The standard InChI is InChI=1S/C15H17BrN4O2/c16-14-6-7-20(17-14)22-15(21)19-10-8-18(9-11-19)12-13-4-2-1-3-5-13/h1-7H,8-12H2. The molecule has 1 aliphatic heterocycles. The summed E-state index contributed by atoms with van der Waals surface area (Å²) >= 11 is 3.21. The average Bonchev–Trinajstić information content (AvgIpc) is 2.94. The Bertz CT molecular complexity index is 623. The maximum Gasteiger partial charge on any atom is 0.436 e. The lowest BCUT2D eigenvalue weighted by Crippen LogP contribution is -2.50. The second-order valence-corrected chi connectivity index (χ2v) is 5.96. The predicted octanol–water partition coefficient (Wildman–Crippen LogP) is 2.01. The highest BCUT2D eigenvalue weighted by Gasteiger charge is 2.23. The molecule has 1 amide bonds. The van der Waals surface area contributed by atoms with Crippen molar-refractivity contribution in [2.45, 2.75) is 6.54 Å². The second kappa shape index (κ2) is 6.93. The number of hydrogen-bond acceptors (Lipinski definition) is 4. The Morgan fingerprint density at radius 1 is 1.14 bits per heavy atom. The van der Waals surface area contributed by atoms with Gasteiger partial charge >= 0.3 is 6.09 Å². The van der Waals surface area contributed by atoms with Crippen LogP contribution in [-0.2, 0) is 6.54 Å². The summed E-state index contributed by atoms with van der Waals surface area (Å²) in [6.45, 7) is 3.91. The van der Waals surface area contributed by atoms with Gasteiger partial charge < -0.3 is 4.90 Å². The summed E-state index contributed by atoms with van der Waals surface area (Å²) in [5, 5.41) is 3.97. The van der Waals surface area contributed by atoms with Gasteiger partial charge in [0, 0.05) is 32.7 Å². The summed E-state index contributed by atoms with van der Waals surface area (Å²) < 4.78 is 0.632. The zero-order valence-corrected chi connectivity index (χ0v) is 13.6. The number of carbonyl (C=O) groups is 1. The third-order valence-electron chi connectivity index (χ3n) is 3.58. The molecule has 2 aromatic rings. The van der Waals surface area contributed by atoms with Crippen LogP contribution in [0.5, 0.6) is 0 Å². The van der Waals surface area contributed by atoms with Gasteiger partial charge in [0.25, 0.3) is 0 Å². The van der Waals surface area contributed by atoms with Crippen molar-refractivity contribution in [3.8, 4) is 0 Å². The summed E-state index contributed by atoms with van der Waals surface area (Å²) in [7, 11) is 0. The molecule has 1 aromatic heterocycles. The number of carbonyl (C=O) groups excluding carboxylic acids is 1. The number of hydrogen-bond donors (Lipinski definition) is 0. The summed E-state index contributed by atoms with van der Waals surface area (Å²) in [5.74, 6) is 0. The Kier molecular flexibility index (Phi) is 4.74. The van der Waals surface area contributed by atoms with E-state index in [1.807, 2.05) is 18.2 Å². The predicted molar refractivity (Wildman–Crippen MR) is 85.2 cm³/mol. The van der Waals surface area contributed by atoms with Crippen molar-refractivity contribution in [3.63, 3.8) is 0 Å². The molecule has 7 heteroatoms. The fourth-order valence-electron chi connectivity index (χ4n) is 2.40. The first kappa shape index (κ1) is 15.1. The first-order chi connectivity index (χ1) is 10.7. The Balaban J connectivity index is 1.48. The lowest BCUT2D eigenvalue weighted by atomic mass is 10.2. The Labute approximate surface area is 137 Å². The molecule has 1 fully saturated rings. The van der Waals surface area contributed by atoms with Gasteiger partial charge in [-0.25, -0.2) is 4.79 Å². The molecular weight excluding hydrogens is 348 g/mol. The topological polar surface area (TPSA) is 50.6 Å². The number of piperazine rings is 1. The quantitative estimate of drug-likeness (QED) is 0.835. The molecular formula is C15H17BrN4O2. The highest BCUT2D eigenvalue weighted by Crippen LogP contribution is 2.09. The molecule has 1 saturated heterocycles. The van der Waals surface area contributed by atoms with Crippen LogP contribution < -0.4 is 4.84 Å². The molecule has 116 valence electrons. The largest absolute Gasteiger partial charge is 0.436 e. The monoisotopic (exact) mass is 364 g/mol. The molecule has 0 atom stereocenters. The van der Waals surface area contributed by atoms with Crippen molar-refractivity contribution < 1.29 is 9.63 Å². The van der Waals surface area contributed by atoms with Gasteiger partial charge in [0.05, 0.1) is 6.20 Å². The molecule has 0 aliphatic carbocycles. The molecule has 0 unspecified atom stereocenters. The van der Waals surface area contributed by atoms with E-state index >= 15 is 0 Å². The van der Waals surface area contributed by atoms with Crippen molar-refractivity contribution in [3.05, 3.63) is 52.8 Å². The molecule has 1 aromatic carbocycles. The van der Waals surface area contributed by atoms with E-state index in [4.69, 9.17) is 4.84 Å². The Morgan fingerprint density at radius 2 is 1.86 bits per heavy atom. The van der Waals surface area contributed by atoms with Gasteiger partial charge in [0.2, 0.25) is 0 Å². The van der Waals surface area contributed by atoms with Crippen molar-refractivity contribution in [1.82, 2.24) is 19.7 Å². The van der Waals surface area contributed by atoms with E-state index in [2.05, 4.69) is 38.1 Å². The molecule has 0 bridgehead atoms. The lowest BCUT2D eigenvalue weighted by Gasteiger charge is -2.33. The first-order valence-corrected chi connectivity index (χ1v) is 7.95. The number of rotatable bonds is 3. The molecule has 2 heterocycles. The van der Waals surface area contributed by atoms with E-state index in [0.29, 0.717) is 17.7 Å². The molecule has 1 aliphatic rings. The molecule has 0 N–H and O–H groups in total. The highest BCUT2D eigenvalue weighted by molar-refractivity contribution is 9.10. The minimum absolute atomic E-state index is 0.366. The second-order valence-electron chi connectivity index (χ2n) is 5.15. The number of amides is 1. The van der Waals surface area contributed by atoms with E-state index in [9.17, 15) is 4.79 Å². The molecule has 3 rings (SSSR count). The van der Waals surface area contributed by atoms with Crippen LogP contribution in [0, 0.1) is 0 Å². The molecule has 0 radical (unpaired) electrons. The number of nitrogens with zero attached hydrogens (tertiary/aromatic N) is 4. The molecule has 0 saturated carbocycles. The Hall–Kier alpha value is -1.86. The fourth-order valence-corrected chi connectivity index (χ4v) is 2.68. The average molecular weight is 365 g/mol. The fraction of sp³-hybridized carbons (Fsp3) is 0.333. The zero-order chi connectivity index (χ0) is 15.4. The van der Waals surface area contributed by atoms with Crippen LogP contribution in [-0.4, -0.2) is 52.0 Å². The number of halogens is 1. The smallest absolute Gasteiger partial charge is 0.304 e. The zero-order valence-electron chi connectivity index (χ0n) is 12.1. The molecule has 0 spiro atoms. The molecule has 22 heavy (non-hydrogen) atoms. The first-order valence-electron chi connectivity index (χ1n) is 7.15.